The highest BCUT2D eigenvalue weighted by atomic mass is 16.4. The predicted octanol–water partition coefficient (Wildman–Crippen LogP) is 14.2. The molecule has 0 heterocycles. The molecule has 0 aromatic carbocycles. The quantitative estimate of drug-likeness (QED) is 0.0933. The van der Waals surface area contributed by atoms with Crippen LogP contribution in [0.15, 0.2) is 12.2 Å². The van der Waals surface area contributed by atoms with E-state index in [0.29, 0.717) is 17.3 Å². The Morgan fingerprint density at radius 2 is 1.30 bits per heavy atom. The average Bonchev–Trinajstić information content (AvgIpc) is 3.39. The molecule has 0 amide bonds. The van der Waals surface area contributed by atoms with Gasteiger partial charge in [0.1, 0.15) is 0 Å². The van der Waals surface area contributed by atoms with Crippen molar-refractivity contribution in [3.05, 3.63) is 12.2 Å². The summed E-state index contributed by atoms with van der Waals surface area (Å²) >= 11 is 0. The molecule has 5 unspecified atom stereocenters. The molecule has 0 saturated heterocycles. The largest absolute Gasteiger partial charge is 0.481 e. The smallest absolute Gasteiger partial charge is 0.303 e. The van der Waals surface area contributed by atoms with Gasteiger partial charge in [0.2, 0.25) is 0 Å². The normalized spacial score (nSPS) is 34.3. The van der Waals surface area contributed by atoms with Crippen LogP contribution >= 0.6 is 0 Å². The van der Waals surface area contributed by atoms with Gasteiger partial charge in [0, 0.05) is 6.42 Å². The standard InChI is InChI=1S/C45H80O2/c1-35(2)22-21-23-36(3)40-28-29-41-39-27-26-38-34-37(30-32-44(38,4)42(39)31-33-45(40,41)5)24-19-17-15-13-11-9-7-6-8-10-12-14-16-18-20-25-43(46)47/h6,8,35-42H,7,9-34H2,1-5H3,(H,46,47)/b8-6-/t36-,37?,38?,39?,40-,41?,42?,44+,45-/m1/s1. The second kappa shape index (κ2) is 19.6. The van der Waals surface area contributed by atoms with Gasteiger partial charge in [0.25, 0.3) is 0 Å². The van der Waals surface area contributed by atoms with E-state index in [-0.39, 0.29) is 0 Å². The molecule has 2 nitrogen and oxygen atoms in total. The Morgan fingerprint density at radius 1 is 0.681 bits per heavy atom. The minimum Gasteiger partial charge on any atom is -0.481 e. The van der Waals surface area contributed by atoms with Gasteiger partial charge in [-0.25, -0.2) is 0 Å². The third-order valence-electron chi connectivity index (χ3n) is 15.1. The Morgan fingerprint density at radius 3 is 1.98 bits per heavy atom. The third-order valence-corrected chi connectivity index (χ3v) is 15.1. The van der Waals surface area contributed by atoms with Crippen molar-refractivity contribution in [2.75, 3.05) is 0 Å². The van der Waals surface area contributed by atoms with Gasteiger partial charge >= 0.3 is 5.97 Å². The fourth-order valence-electron chi connectivity index (χ4n) is 12.3. The van der Waals surface area contributed by atoms with E-state index >= 15 is 0 Å². The second-order valence-corrected chi connectivity index (χ2v) is 18.7. The molecular formula is C45H80O2. The fourth-order valence-corrected chi connectivity index (χ4v) is 12.3. The summed E-state index contributed by atoms with van der Waals surface area (Å²) in [6.07, 6.45) is 41.5. The first-order chi connectivity index (χ1) is 22.6. The number of rotatable bonds is 22. The van der Waals surface area contributed by atoms with Gasteiger partial charge in [-0.1, -0.05) is 124 Å². The predicted molar refractivity (Wildman–Crippen MR) is 203 cm³/mol. The number of allylic oxidation sites excluding steroid dienone is 2. The van der Waals surface area contributed by atoms with Crippen LogP contribution in [0, 0.1) is 58.2 Å². The first-order valence-electron chi connectivity index (χ1n) is 21.5. The summed E-state index contributed by atoms with van der Waals surface area (Å²) in [6.45, 7) is 13.0. The molecule has 4 saturated carbocycles. The summed E-state index contributed by atoms with van der Waals surface area (Å²) in [7, 11) is 0. The van der Waals surface area contributed by atoms with E-state index < -0.39 is 5.97 Å². The number of hydrogen-bond donors (Lipinski definition) is 1. The Balaban J connectivity index is 1.06. The van der Waals surface area contributed by atoms with Crippen LogP contribution in [0.2, 0.25) is 0 Å². The van der Waals surface area contributed by atoms with Gasteiger partial charge in [-0.05, 0) is 148 Å². The lowest BCUT2D eigenvalue weighted by Gasteiger charge is -2.61. The zero-order valence-electron chi connectivity index (χ0n) is 32.2. The molecule has 4 rings (SSSR count). The topological polar surface area (TPSA) is 37.3 Å². The van der Waals surface area contributed by atoms with Gasteiger partial charge in [-0.2, -0.15) is 0 Å². The highest BCUT2D eigenvalue weighted by Gasteiger charge is 2.60. The van der Waals surface area contributed by atoms with E-state index in [1.807, 2.05) is 0 Å². The lowest BCUT2D eigenvalue weighted by Crippen LogP contribution is -2.53. The molecule has 2 heteroatoms. The number of carboxylic acids is 1. The molecule has 272 valence electrons. The van der Waals surface area contributed by atoms with E-state index in [4.69, 9.17) is 5.11 Å². The van der Waals surface area contributed by atoms with E-state index in [1.165, 1.54) is 109 Å². The van der Waals surface area contributed by atoms with Crippen LogP contribution in [0.5, 0.6) is 0 Å². The van der Waals surface area contributed by atoms with Crippen LogP contribution < -0.4 is 0 Å². The van der Waals surface area contributed by atoms with Crippen LogP contribution in [-0.4, -0.2) is 11.1 Å². The summed E-state index contributed by atoms with van der Waals surface area (Å²) in [5.74, 6) is 7.29. The Hall–Kier alpha value is -0.790. The maximum Gasteiger partial charge on any atom is 0.303 e. The number of fused-ring (bicyclic) bond motifs is 5. The van der Waals surface area contributed by atoms with Crippen molar-refractivity contribution in [3.8, 4) is 0 Å². The summed E-state index contributed by atoms with van der Waals surface area (Å²) < 4.78 is 0. The van der Waals surface area contributed by atoms with E-state index in [0.717, 1.165) is 60.2 Å². The summed E-state index contributed by atoms with van der Waals surface area (Å²) in [5.41, 5.74) is 1.29. The SMILES string of the molecule is CC(C)CCC[C@@H](C)[C@H]1CCC2C3CCC4CC(CCCCCCCC/C=C\CCCCCCCC(=O)O)CC[C@]4(C)C3CC[C@@]21C. The van der Waals surface area contributed by atoms with Gasteiger partial charge < -0.3 is 5.11 Å². The monoisotopic (exact) mass is 653 g/mol. The number of aliphatic carboxylic acids is 1. The van der Waals surface area contributed by atoms with Gasteiger partial charge in [0.05, 0.1) is 0 Å². The van der Waals surface area contributed by atoms with E-state index in [1.54, 1.807) is 44.9 Å². The van der Waals surface area contributed by atoms with Crippen molar-refractivity contribution in [1.82, 2.24) is 0 Å². The molecule has 0 aromatic rings. The lowest BCUT2D eigenvalue weighted by atomic mass is 9.44. The second-order valence-electron chi connectivity index (χ2n) is 18.7. The summed E-state index contributed by atoms with van der Waals surface area (Å²) in [5, 5.41) is 8.69. The zero-order valence-corrected chi connectivity index (χ0v) is 32.2. The van der Waals surface area contributed by atoms with Crippen LogP contribution in [0.1, 0.15) is 208 Å². The highest BCUT2D eigenvalue weighted by molar-refractivity contribution is 5.66. The van der Waals surface area contributed by atoms with Crippen molar-refractivity contribution in [2.24, 2.45) is 58.2 Å². The van der Waals surface area contributed by atoms with E-state index in [9.17, 15) is 4.79 Å². The van der Waals surface area contributed by atoms with Crippen molar-refractivity contribution in [1.29, 1.82) is 0 Å². The number of carbonyl (C=O) groups is 1. The maximum atomic E-state index is 10.6. The molecular weight excluding hydrogens is 572 g/mol. The molecule has 9 atom stereocenters. The van der Waals surface area contributed by atoms with Gasteiger partial charge in [-0.3, -0.25) is 4.79 Å². The first kappa shape index (κ1) is 39.0. The molecule has 1 N–H and O–H groups in total. The molecule has 0 spiro atoms. The van der Waals surface area contributed by atoms with Crippen molar-refractivity contribution in [3.63, 3.8) is 0 Å². The maximum absolute atomic E-state index is 10.6. The van der Waals surface area contributed by atoms with Crippen molar-refractivity contribution >= 4 is 5.97 Å². The molecule has 47 heavy (non-hydrogen) atoms. The van der Waals surface area contributed by atoms with Crippen LogP contribution in [-0.2, 0) is 4.79 Å². The van der Waals surface area contributed by atoms with Gasteiger partial charge in [0.15, 0.2) is 0 Å². The summed E-state index contributed by atoms with van der Waals surface area (Å²) in [6, 6.07) is 0. The molecule has 0 aromatic heterocycles. The molecule has 4 aliphatic carbocycles. The molecule has 0 bridgehead atoms. The average molecular weight is 653 g/mol. The highest BCUT2D eigenvalue weighted by Crippen LogP contribution is 2.68. The Bertz CT molecular complexity index is 921. The molecule has 0 radical (unpaired) electrons. The third kappa shape index (κ3) is 11.1. The summed E-state index contributed by atoms with van der Waals surface area (Å²) in [4.78, 5) is 10.6. The minimum absolute atomic E-state index is 0.333. The number of unbranched alkanes of at least 4 members (excludes halogenated alkanes) is 11. The number of carboxylic acid groups (broad SMARTS) is 1. The first-order valence-corrected chi connectivity index (χ1v) is 21.5. The molecule has 0 aliphatic heterocycles. The van der Waals surface area contributed by atoms with Crippen molar-refractivity contribution in [2.45, 2.75) is 208 Å². The molecule has 4 fully saturated rings. The van der Waals surface area contributed by atoms with Crippen molar-refractivity contribution < 1.29 is 9.90 Å². The molecule has 4 aliphatic rings. The van der Waals surface area contributed by atoms with Crippen LogP contribution in [0.3, 0.4) is 0 Å². The number of hydrogen-bond acceptors (Lipinski definition) is 1. The minimum atomic E-state index is -0.655. The zero-order chi connectivity index (χ0) is 33.7. The van der Waals surface area contributed by atoms with Crippen LogP contribution in [0.4, 0.5) is 0 Å². The Labute approximate surface area is 293 Å². The lowest BCUT2D eigenvalue weighted by molar-refractivity contribution is -0.137. The Kier molecular flexibility index (Phi) is 16.2. The fraction of sp³-hybridized carbons (Fsp3) is 0.933. The van der Waals surface area contributed by atoms with E-state index in [2.05, 4.69) is 46.8 Å². The van der Waals surface area contributed by atoms with Crippen LogP contribution in [0.25, 0.3) is 0 Å². The van der Waals surface area contributed by atoms with Gasteiger partial charge in [-0.15, -0.1) is 0 Å².